The number of H-pyrrole nitrogens is 3. The number of carboxylic acid groups (broad SMARTS) is 1. The fourth-order valence-corrected chi connectivity index (χ4v) is 15.6. The summed E-state index contributed by atoms with van der Waals surface area (Å²) in [4.78, 5) is 214. The Labute approximate surface area is 687 Å². The first-order chi connectivity index (χ1) is 55.9. The fraction of sp³-hybridized carbons (Fsp3) is 0.519. The lowest BCUT2D eigenvalue weighted by Gasteiger charge is -2.31. The highest BCUT2D eigenvalue weighted by atomic mass is 32.2. The summed E-state index contributed by atoms with van der Waals surface area (Å²) < 4.78 is 0. The summed E-state index contributed by atoms with van der Waals surface area (Å²) in [5.74, 6) is -11.5. The Morgan fingerprint density at radius 1 is 0.513 bits per heavy atom. The van der Waals surface area contributed by atoms with Crippen LogP contribution in [0.4, 0.5) is 0 Å². The fourth-order valence-electron chi connectivity index (χ4n) is 14.4. The van der Waals surface area contributed by atoms with Crippen molar-refractivity contribution in [2.75, 3.05) is 37.1 Å². The second kappa shape index (κ2) is 44.4. The highest BCUT2D eigenvalue weighted by Crippen LogP contribution is 2.26. The van der Waals surface area contributed by atoms with Gasteiger partial charge in [-0.3, -0.25) is 62.3 Å². The molecule has 3 aromatic heterocycles. The van der Waals surface area contributed by atoms with Crippen LogP contribution in [0.2, 0.25) is 0 Å². The van der Waals surface area contributed by atoms with Crippen LogP contribution in [0.25, 0.3) is 21.8 Å². The van der Waals surface area contributed by atoms with Crippen LogP contribution in [-0.4, -0.2) is 238 Å². The van der Waals surface area contributed by atoms with Gasteiger partial charge in [-0.2, -0.15) is 23.5 Å². The van der Waals surface area contributed by atoms with E-state index >= 15 is 4.79 Å². The van der Waals surface area contributed by atoms with Crippen molar-refractivity contribution >= 4 is 128 Å². The number of aromatic amines is 3. The van der Waals surface area contributed by atoms with E-state index in [1.807, 2.05) is 55.5 Å². The SMILES string of the molecule is CCCC[C@H](NC(=O)[C@@H]1CCCN1C(=O)[C@H](CSC)NC(=O)[C@@H](C)NC(=O)[C@@H]1CCCN1C(=O)[C@H](CSC)NC(=O)[C@H](CC(C)C)NC(=O)[C@H](CCC(N)=O)NC(=O)[C@H](CC(C)C)NC(=O)[C@H](Cc1c[nH]c2ccccc12)NC(=O)[C@H](Cc1cnc[nH]1)NC(=O)[C@@H](N)Cc1c[nH]c2ccccc12)C(=O)N[C@@H](Cc1ccc(O)cc1)C(=O)O. The van der Waals surface area contributed by atoms with Crippen LogP contribution in [0, 0.1) is 11.8 Å². The van der Waals surface area contributed by atoms with Crippen LogP contribution in [0.3, 0.4) is 0 Å². The highest BCUT2D eigenvalue weighted by molar-refractivity contribution is 7.98. The minimum absolute atomic E-state index is 0.00265. The molecule has 2 aliphatic rings. The number of carbonyl (C=O) groups is 14. The van der Waals surface area contributed by atoms with Gasteiger partial charge in [0, 0.05) is 96.4 Å². The molecule has 0 radical (unpaired) electrons. The Morgan fingerprint density at radius 3 is 1.45 bits per heavy atom. The van der Waals surface area contributed by atoms with Gasteiger partial charge < -0.3 is 99.6 Å². The lowest BCUT2D eigenvalue weighted by Crippen LogP contribution is -2.61. The molecule has 2 aliphatic heterocycles. The summed E-state index contributed by atoms with van der Waals surface area (Å²) in [6.45, 7) is 10.7. The molecule has 0 spiro atoms. The summed E-state index contributed by atoms with van der Waals surface area (Å²) in [5, 5.41) is 48.7. The van der Waals surface area contributed by atoms with E-state index < -0.39 is 168 Å². The van der Waals surface area contributed by atoms with E-state index in [1.54, 1.807) is 52.6 Å². The van der Waals surface area contributed by atoms with Crippen molar-refractivity contribution in [1.82, 2.24) is 82.9 Å². The molecule has 8 rings (SSSR count). The number of phenolic OH excluding ortho intramolecular Hbond substituents is 1. The molecule has 2 saturated heterocycles. The average molecular weight is 1660 g/mol. The van der Waals surface area contributed by atoms with E-state index in [0.29, 0.717) is 42.5 Å². The normalized spacial score (nSPS) is 16.9. The van der Waals surface area contributed by atoms with Crippen molar-refractivity contribution in [3.63, 3.8) is 0 Å². The Morgan fingerprint density at radius 2 is 0.957 bits per heavy atom. The number of imidazole rings is 1. The number of aromatic nitrogens is 4. The van der Waals surface area contributed by atoms with Gasteiger partial charge in [0.05, 0.1) is 12.4 Å². The number of likely N-dealkylation sites (tertiary alicyclic amines) is 2. The summed E-state index contributed by atoms with van der Waals surface area (Å²) in [7, 11) is 0. The van der Waals surface area contributed by atoms with Gasteiger partial charge in [-0.15, -0.1) is 0 Å². The molecule has 2 fully saturated rings. The molecule has 0 unspecified atom stereocenters. The Balaban J connectivity index is 0.910. The third kappa shape index (κ3) is 26.5. The monoisotopic (exact) mass is 1660 g/mol. The topological polar surface area (TPSA) is 519 Å². The summed E-state index contributed by atoms with van der Waals surface area (Å²) in [6.07, 6.45) is 11.2. The number of benzene rings is 3. The largest absolute Gasteiger partial charge is 0.508 e. The molecule has 3 aromatic carbocycles. The standard InChI is InChI=1S/C81H112N18O16S2/c1-9-10-19-57(71(104)95-63(81(114)115)34-47-24-26-51(100)27-25-47)90-78(111)67-23-16-31-99(67)79(112)64(41-116-7)96-69(102)46(6)88-77(110)66-22-15-30-98(66)80(113)65(42-117-8)97-74(107)60(33-45(4)5)92-72(105)58(28-29-68(83)101)89-73(106)59(32-44(2)3)93-75(108)61(36-49-39-86-56-21-14-12-18-53(49)56)94-76(109)62(37-50-40-84-43-87-50)91-70(103)54(82)35-48-38-85-55-20-13-11-17-52(48)55/h11-14,17-18,20-21,24-27,38-40,43-46,54,57-67,85-86,100H,9-10,15-16,19,22-23,28-37,41-42,82H2,1-8H3,(H2,83,101)(H,84,87)(H,88,110)(H,89,106)(H,90,111)(H,91,103)(H,92,105)(H,93,108)(H,94,109)(H,95,104)(H,96,102)(H,97,107)(H,114,115)/t46-,54+,57+,58+,59+,60+,61+,62+,63+,64+,65+,66+,67+/m1/s1. The first-order valence-electron chi connectivity index (χ1n) is 39.6. The molecule has 0 bridgehead atoms. The number of carbonyl (C=O) groups excluding carboxylic acids is 13. The van der Waals surface area contributed by atoms with E-state index in [2.05, 4.69) is 73.1 Å². The number of thioether (sulfide) groups is 2. The molecular formula is C81H112N18O16S2. The number of hydrogen-bond acceptors (Lipinski definition) is 19. The minimum atomic E-state index is -1.55. The van der Waals surface area contributed by atoms with Gasteiger partial charge in [0.2, 0.25) is 76.8 Å². The maximum Gasteiger partial charge on any atom is 0.326 e. The molecular weight excluding hydrogens is 1550 g/mol. The number of nitrogens with two attached hydrogens (primary N) is 2. The Hall–Kier alpha value is -11.0. The second-order valence-corrected chi connectivity index (χ2v) is 32.5. The van der Waals surface area contributed by atoms with Crippen molar-refractivity contribution < 1.29 is 77.3 Å². The number of aliphatic carboxylic acids is 1. The molecule has 36 heteroatoms. The predicted octanol–water partition coefficient (Wildman–Crippen LogP) is 1.88. The molecule has 0 aliphatic carbocycles. The number of aromatic hydroxyl groups is 1. The lowest BCUT2D eigenvalue weighted by atomic mass is 9.99. The number of rotatable bonds is 45. The molecule has 19 N–H and O–H groups in total. The van der Waals surface area contributed by atoms with Gasteiger partial charge in [0.1, 0.15) is 78.3 Å². The van der Waals surface area contributed by atoms with Crippen LogP contribution in [-0.2, 0) is 92.8 Å². The molecule has 13 atom stereocenters. The Bertz CT molecular complexity index is 4440. The van der Waals surface area contributed by atoms with Gasteiger partial charge in [-0.05, 0) is 130 Å². The van der Waals surface area contributed by atoms with Crippen molar-refractivity contribution in [1.29, 1.82) is 0 Å². The van der Waals surface area contributed by atoms with Crippen LogP contribution in [0.15, 0.2) is 97.7 Å². The number of para-hydroxylation sites is 2. The smallest absolute Gasteiger partial charge is 0.326 e. The van der Waals surface area contributed by atoms with Crippen molar-refractivity contribution in [3.8, 4) is 5.75 Å². The number of fused-ring (bicyclic) bond motifs is 2. The van der Waals surface area contributed by atoms with E-state index in [0.717, 1.165) is 27.4 Å². The zero-order chi connectivity index (χ0) is 85.2. The maximum atomic E-state index is 15.0. The van der Waals surface area contributed by atoms with E-state index in [1.165, 1.54) is 77.0 Å². The average Bonchev–Trinajstić information content (AvgIpc) is 1.74. The van der Waals surface area contributed by atoms with Crippen molar-refractivity contribution in [2.45, 2.75) is 216 Å². The number of nitrogens with zero attached hydrogens (tertiary/aromatic N) is 3. The number of amides is 13. The number of nitrogens with one attached hydrogen (secondary N) is 13. The number of phenols is 1. The number of hydrogen-bond donors (Lipinski definition) is 17. The van der Waals surface area contributed by atoms with E-state index in [-0.39, 0.29) is 106 Å². The number of carboxylic acids is 1. The third-order valence-corrected chi connectivity index (χ3v) is 21.9. The van der Waals surface area contributed by atoms with Crippen LogP contribution < -0.4 is 64.6 Å². The summed E-state index contributed by atoms with van der Waals surface area (Å²) in [6, 6.07) is 4.11. The first-order valence-corrected chi connectivity index (χ1v) is 42.4. The molecule has 5 heterocycles. The minimum Gasteiger partial charge on any atom is -0.508 e. The Kier molecular flexibility index (Phi) is 34.7. The summed E-state index contributed by atoms with van der Waals surface area (Å²) >= 11 is 2.45. The van der Waals surface area contributed by atoms with Gasteiger partial charge in [0.15, 0.2) is 0 Å². The van der Waals surface area contributed by atoms with Gasteiger partial charge in [0.25, 0.3) is 0 Å². The third-order valence-electron chi connectivity index (χ3n) is 20.6. The van der Waals surface area contributed by atoms with E-state index in [9.17, 15) is 72.5 Å². The van der Waals surface area contributed by atoms with Crippen molar-refractivity contribution in [2.24, 2.45) is 23.3 Å². The van der Waals surface area contributed by atoms with Crippen LogP contribution in [0.5, 0.6) is 5.75 Å². The molecule has 0 saturated carbocycles. The zero-order valence-corrected chi connectivity index (χ0v) is 68.9. The quantitative estimate of drug-likeness (QED) is 0.0259. The second-order valence-electron chi connectivity index (χ2n) is 30.7. The molecule has 634 valence electrons. The molecule has 13 amide bonds. The van der Waals surface area contributed by atoms with Crippen molar-refractivity contribution in [3.05, 3.63) is 120 Å². The highest BCUT2D eigenvalue weighted by Gasteiger charge is 2.43. The van der Waals surface area contributed by atoms with Crippen LogP contribution >= 0.6 is 23.5 Å². The van der Waals surface area contributed by atoms with Gasteiger partial charge >= 0.3 is 5.97 Å². The molecule has 117 heavy (non-hydrogen) atoms. The summed E-state index contributed by atoms with van der Waals surface area (Å²) in [5.41, 5.74) is 16.1. The lowest BCUT2D eigenvalue weighted by molar-refractivity contribution is -0.143. The van der Waals surface area contributed by atoms with Gasteiger partial charge in [-0.1, -0.05) is 96.0 Å². The molecule has 6 aromatic rings. The van der Waals surface area contributed by atoms with Crippen LogP contribution in [0.1, 0.15) is 135 Å². The zero-order valence-electron chi connectivity index (χ0n) is 67.3. The number of primary amides is 1. The molecule has 34 nitrogen and oxygen atoms in total. The van der Waals surface area contributed by atoms with Gasteiger partial charge in [-0.25, -0.2) is 9.78 Å². The predicted molar refractivity (Wildman–Crippen MR) is 442 cm³/mol. The maximum absolute atomic E-state index is 15.0. The first kappa shape index (κ1) is 91.5. The van der Waals surface area contributed by atoms with E-state index in [4.69, 9.17) is 11.5 Å². The number of unbranched alkanes of at least 4 members (excludes halogenated alkanes) is 1.